The van der Waals surface area contributed by atoms with Crippen LogP contribution >= 0.6 is 0 Å². The zero-order chi connectivity index (χ0) is 11.2. The standard InChI is InChI=1S/C14H16O2/c15-11-16-14(12-7-3-1-4-8-12)13-9-5-2-6-10-13/h1-5,7,9,11-12,14H,6,8,10H2. The van der Waals surface area contributed by atoms with Crippen molar-refractivity contribution in [1.82, 2.24) is 0 Å². The highest BCUT2D eigenvalue weighted by Gasteiger charge is 2.24. The van der Waals surface area contributed by atoms with Gasteiger partial charge in [0.05, 0.1) is 0 Å². The van der Waals surface area contributed by atoms with E-state index in [1.807, 2.05) is 18.2 Å². The van der Waals surface area contributed by atoms with E-state index in [2.05, 4.69) is 24.3 Å². The molecule has 0 aliphatic heterocycles. The van der Waals surface area contributed by atoms with Crippen LogP contribution in [-0.4, -0.2) is 12.6 Å². The minimum atomic E-state index is -0.0938. The Morgan fingerprint density at radius 3 is 2.88 bits per heavy atom. The molecule has 2 rings (SSSR count). The number of hydrogen-bond acceptors (Lipinski definition) is 2. The second-order valence-corrected chi connectivity index (χ2v) is 4.07. The Morgan fingerprint density at radius 2 is 2.25 bits per heavy atom. The van der Waals surface area contributed by atoms with E-state index in [-0.39, 0.29) is 12.0 Å². The van der Waals surface area contributed by atoms with Crippen molar-refractivity contribution in [2.45, 2.75) is 25.4 Å². The number of allylic oxidation sites excluding steroid dienone is 6. The Labute approximate surface area is 96.0 Å². The summed E-state index contributed by atoms with van der Waals surface area (Å²) in [5.41, 5.74) is 1.22. The number of rotatable bonds is 4. The fraction of sp³-hybridized carbons (Fsp3) is 0.357. The Hall–Kier alpha value is -1.57. The fourth-order valence-corrected chi connectivity index (χ4v) is 2.21. The maximum atomic E-state index is 10.6. The zero-order valence-electron chi connectivity index (χ0n) is 9.21. The third-order valence-corrected chi connectivity index (χ3v) is 3.02. The molecule has 2 nitrogen and oxygen atoms in total. The zero-order valence-corrected chi connectivity index (χ0v) is 9.21. The first-order valence-corrected chi connectivity index (χ1v) is 5.70. The van der Waals surface area contributed by atoms with Crippen LogP contribution in [-0.2, 0) is 9.53 Å². The molecule has 84 valence electrons. The number of carbonyl (C=O) groups excluding carboxylic acids is 1. The summed E-state index contributed by atoms with van der Waals surface area (Å²) in [7, 11) is 0. The average Bonchev–Trinajstić information content (AvgIpc) is 2.38. The summed E-state index contributed by atoms with van der Waals surface area (Å²) in [5, 5.41) is 0. The summed E-state index contributed by atoms with van der Waals surface area (Å²) in [5.74, 6) is 0.285. The Balaban J connectivity index is 2.12. The van der Waals surface area contributed by atoms with Crippen LogP contribution in [0.2, 0.25) is 0 Å². The van der Waals surface area contributed by atoms with E-state index in [0.29, 0.717) is 6.47 Å². The monoisotopic (exact) mass is 216 g/mol. The van der Waals surface area contributed by atoms with Gasteiger partial charge in [-0.1, -0.05) is 42.5 Å². The van der Waals surface area contributed by atoms with Gasteiger partial charge >= 0.3 is 0 Å². The van der Waals surface area contributed by atoms with Gasteiger partial charge in [-0.15, -0.1) is 0 Å². The lowest BCUT2D eigenvalue weighted by atomic mass is 9.86. The quantitative estimate of drug-likeness (QED) is 0.675. The summed E-state index contributed by atoms with van der Waals surface area (Å²) in [6.07, 6.45) is 17.4. The summed E-state index contributed by atoms with van der Waals surface area (Å²) >= 11 is 0. The van der Waals surface area contributed by atoms with Gasteiger partial charge in [0.15, 0.2) is 0 Å². The lowest BCUT2D eigenvalue weighted by molar-refractivity contribution is -0.133. The lowest BCUT2D eigenvalue weighted by Gasteiger charge is -2.26. The molecule has 0 fully saturated rings. The van der Waals surface area contributed by atoms with E-state index in [1.54, 1.807) is 0 Å². The van der Waals surface area contributed by atoms with Crippen molar-refractivity contribution in [3.8, 4) is 0 Å². The molecule has 0 saturated carbocycles. The summed E-state index contributed by atoms with van der Waals surface area (Å²) in [6, 6.07) is 0. The predicted molar refractivity (Wildman–Crippen MR) is 63.8 cm³/mol. The molecule has 2 unspecified atom stereocenters. The Bertz CT molecular complexity index is 361. The van der Waals surface area contributed by atoms with Gasteiger partial charge in [-0.25, -0.2) is 0 Å². The molecular formula is C14H16O2. The maximum Gasteiger partial charge on any atom is 0.293 e. The van der Waals surface area contributed by atoms with Gasteiger partial charge in [-0.3, -0.25) is 4.79 Å². The molecule has 0 bridgehead atoms. The van der Waals surface area contributed by atoms with E-state index >= 15 is 0 Å². The molecule has 16 heavy (non-hydrogen) atoms. The normalized spacial score (nSPS) is 25.0. The third kappa shape index (κ3) is 2.51. The molecule has 2 aliphatic carbocycles. The molecule has 0 amide bonds. The van der Waals surface area contributed by atoms with Gasteiger partial charge in [-0.05, 0) is 24.8 Å². The first-order valence-electron chi connectivity index (χ1n) is 5.70. The van der Waals surface area contributed by atoms with Crippen LogP contribution in [0.1, 0.15) is 19.3 Å². The molecule has 0 heterocycles. The first kappa shape index (κ1) is 10.9. The molecule has 0 saturated heterocycles. The van der Waals surface area contributed by atoms with Crippen molar-refractivity contribution in [2.75, 3.05) is 0 Å². The third-order valence-electron chi connectivity index (χ3n) is 3.02. The molecular weight excluding hydrogens is 200 g/mol. The minimum absolute atomic E-state index is 0.0938. The molecule has 2 heteroatoms. The molecule has 2 aliphatic rings. The van der Waals surface area contributed by atoms with Gasteiger partial charge in [0.1, 0.15) is 6.10 Å². The predicted octanol–water partition coefficient (Wildman–Crippen LogP) is 2.94. The Morgan fingerprint density at radius 1 is 1.31 bits per heavy atom. The molecule has 0 aromatic carbocycles. The summed E-state index contributed by atoms with van der Waals surface area (Å²) in [4.78, 5) is 10.6. The second kappa shape index (κ2) is 5.50. The first-order chi connectivity index (χ1) is 7.92. The van der Waals surface area contributed by atoms with Crippen LogP contribution in [0.4, 0.5) is 0 Å². The molecule has 0 N–H and O–H groups in total. The van der Waals surface area contributed by atoms with E-state index in [0.717, 1.165) is 19.3 Å². The fourth-order valence-electron chi connectivity index (χ4n) is 2.21. The van der Waals surface area contributed by atoms with Crippen molar-refractivity contribution in [1.29, 1.82) is 0 Å². The molecule has 0 aromatic rings. The Kier molecular flexibility index (Phi) is 3.76. The van der Waals surface area contributed by atoms with E-state index in [1.165, 1.54) is 5.57 Å². The van der Waals surface area contributed by atoms with Gasteiger partial charge < -0.3 is 4.74 Å². The van der Waals surface area contributed by atoms with Crippen molar-refractivity contribution in [3.05, 3.63) is 48.1 Å². The van der Waals surface area contributed by atoms with Crippen molar-refractivity contribution >= 4 is 6.47 Å². The van der Waals surface area contributed by atoms with Crippen LogP contribution in [0.3, 0.4) is 0 Å². The van der Waals surface area contributed by atoms with E-state index < -0.39 is 0 Å². The van der Waals surface area contributed by atoms with Crippen molar-refractivity contribution in [3.63, 3.8) is 0 Å². The highest BCUT2D eigenvalue weighted by atomic mass is 16.5. The summed E-state index contributed by atoms with van der Waals surface area (Å²) in [6.45, 7) is 0.565. The van der Waals surface area contributed by atoms with Crippen LogP contribution in [0, 0.1) is 5.92 Å². The molecule has 0 spiro atoms. The van der Waals surface area contributed by atoms with Gasteiger partial charge in [0.2, 0.25) is 0 Å². The SMILES string of the molecule is O=COC(C1=CC=CCC1)C1C=CC=CC1. The average molecular weight is 216 g/mol. The number of ether oxygens (including phenoxy) is 1. The minimum Gasteiger partial charge on any atom is -0.459 e. The van der Waals surface area contributed by atoms with Crippen LogP contribution in [0.25, 0.3) is 0 Å². The van der Waals surface area contributed by atoms with Crippen LogP contribution < -0.4 is 0 Å². The largest absolute Gasteiger partial charge is 0.459 e. The maximum absolute atomic E-state index is 10.6. The van der Waals surface area contributed by atoms with E-state index in [4.69, 9.17) is 4.74 Å². The van der Waals surface area contributed by atoms with Gasteiger partial charge in [0.25, 0.3) is 6.47 Å². The van der Waals surface area contributed by atoms with Crippen LogP contribution in [0.15, 0.2) is 48.1 Å². The number of carbonyl (C=O) groups is 1. The smallest absolute Gasteiger partial charge is 0.293 e. The molecule has 0 aromatic heterocycles. The molecule has 0 radical (unpaired) electrons. The van der Waals surface area contributed by atoms with Crippen molar-refractivity contribution in [2.24, 2.45) is 5.92 Å². The van der Waals surface area contributed by atoms with Crippen LogP contribution in [0.5, 0.6) is 0 Å². The number of hydrogen-bond donors (Lipinski definition) is 0. The summed E-state index contributed by atoms with van der Waals surface area (Å²) < 4.78 is 5.25. The topological polar surface area (TPSA) is 26.3 Å². The molecule has 2 atom stereocenters. The van der Waals surface area contributed by atoms with Crippen molar-refractivity contribution < 1.29 is 9.53 Å². The van der Waals surface area contributed by atoms with E-state index in [9.17, 15) is 4.79 Å². The van der Waals surface area contributed by atoms with Gasteiger partial charge in [-0.2, -0.15) is 0 Å². The lowest BCUT2D eigenvalue weighted by Crippen LogP contribution is -2.25. The second-order valence-electron chi connectivity index (χ2n) is 4.07. The van der Waals surface area contributed by atoms with Gasteiger partial charge in [0, 0.05) is 5.92 Å². The highest BCUT2D eigenvalue weighted by molar-refractivity contribution is 5.40. The highest BCUT2D eigenvalue weighted by Crippen LogP contribution is 2.28.